The van der Waals surface area contributed by atoms with E-state index in [2.05, 4.69) is 21.2 Å². The van der Waals surface area contributed by atoms with Crippen molar-refractivity contribution in [1.29, 1.82) is 0 Å². The van der Waals surface area contributed by atoms with Gasteiger partial charge in [0.1, 0.15) is 5.82 Å². The van der Waals surface area contributed by atoms with Crippen LogP contribution in [0, 0.1) is 5.82 Å². The first kappa shape index (κ1) is 14.6. The molecule has 6 heteroatoms. The van der Waals surface area contributed by atoms with Crippen LogP contribution in [0.3, 0.4) is 0 Å². The summed E-state index contributed by atoms with van der Waals surface area (Å²) in [6, 6.07) is 10.8. The molecule has 0 amide bonds. The first-order chi connectivity index (χ1) is 9.49. The van der Waals surface area contributed by atoms with E-state index in [1.807, 2.05) is 0 Å². The lowest BCUT2D eigenvalue weighted by Crippen LogP contribution is -2.21. The van der Waals surface area contributed by atoms with Crippen LogP contribution in [0.5, 0.6) is 0 Å². The maximum atomic E-state index is 13.7. The van der Waals surface area contributed by atoms with Crippen LogP contribution in [-0.4, -0.2) is 10.9 Å². The molecular formula is C14H10BrFN2OS. The van der Waals surface area contributed by atoms with Gasteiger partial charge in [0, 0.05) is 10.0 Å². The largest absolute Gasteiger partial charge is 0.376 e. The van der Waals surface area contributed by atoms with Crippen LogP contribution >= 0.6 is 28.1 Å². The van der Waals surface area contributed by atoms with Crippen LogP contribution < -0.4 is 11.1 Å². The van der Waals surface area contributed by atoms with Gasteiger partial charge in [-0.2, -0.15) is 0 Å². The molecule has 2 rings (SSSR count). The number of hydrogen-bond donors (Lipinski definition) is 2. The molecule has 3 N–H and O–H groups in total. The standard InChI is InChI=1S/C14H10BrFN2OS/c15-8-5-6-12(18-14(17)20)10(7-8)13(19)9-3-1-2-4-11(9)16/h1-7H,(H3,17,18,20). The molecule has 0 aliphatic rings. The molecule has 0 atom stereocenters. The van der Waals surface area contributed by atoms with E-state index in [4.69, 9.17) is 18.0 Å². The number of thiocarbonyl (C=S) groups is 1. The molecule has 0 aromatic heterocycles. The lowest BCUT2D eigenvalue weighted by atomic mass is 10.0. The number of benzene rings is 2. The van der Waals surface area contributed by atoms with Crippen molar-refractivity contribution in [2.24, 2.45) is 5.73 Å². The second-order valence-electron chi connectivity index (χ2n) is 3.99. The Morgan fingerprint density at radius 2 is 1.90 bits per heavy atom. The Balaban J connectivity index is 2.51. The molecule has 0 heterocycles. The average molecular weight is 353 g/mol. The van der Waals surface area contributed by atoms with Crippen LogP contribution in [0.4, 0.5) is 10.1 Å². The fourth-order valence-corrected chi connectivity index (χ4v) is 2.21. The third kappa shape index (κ3) is 3.20. The van der Waals surface area contributed by atoms with E-state index in [1.54, 1.807) is 24.3 Å². The van der Waals surface area contributed by atoms with Gasteiger partial charge >= 0.3 is 0 Å². The van der Waals surface area contributed by atoms with E-state index >= 15 is 0 Å². The van der Waals surface area contributed by atoms with Gasteiger partial charge in [0.05, 0.1) is 11.3 Å². The smallest absolute Gasteiger partial charge is 0.198 e. The summed E-state index contributed by atoms with van der Waals surface area (Å²) in [6.45, 7) is 0. The Morgan fingerprint density at radius 3 is 2.55 bits per heavy atom. The van der Waals surface area contributed by atoms with E-state index in [0.717, 1.165) is 0 Å². The third-order valence-electron chi connectivity index (χ3n) is 2.60. The lowest BCUT2D eigenvalue weighted by Gasteiger charge is -2.11. The van der Waals surface area contributed by atoms with Crippen LogP contribution in [0.2, 0.25) is 0 Å². The molecule has 0 aliphatic carbocycles. The number of hydrogen-bond acceptors (Lipinski definition) is 2. The van der Waals surface area contributed by atoms with Crippen LogP contribution in [0.1, 0.15) is 15.9 Å². The first-order valence-corrected chi connectivity index (χ1v) is 6.84. The number of carbonyl (C=O) groups is 1. The maximum absolute atomic E-state index is 13.7. The molecule has 0 aliphatic heterocycles. The second-order valence-corrected chi connectivity index (χ2v) is 5.34. The molecule has 0 unspecified atom stereocenters. The fourth-order valence-electron chi connectivity index (χ4n) is 1.74. The summed E-state index contributed by atoms with van der Waals surface area (Å²) in [5.41, 5.74) is 6.15. The minimum absolute atomic E-state index is 0.00316. The minimum atomic E-state index is -0.571. The van der Waals surface area contributed by atoms with E-state index in [0.29, 0.717) is 10.2 Å². The monoisotopic (exact) mass is 352 g/mol. The van der Waals surface area contributed by atoms with Gasteiger partial charge in [-0.1, -0.05) is 28.1 Å². The molecular weight excluding hydrogens is 343 g/mol. The summed E-state index contributed by atoms with van der Waals surface area (Å²) in [4.78, 5) is 12.4. The van der Waals surface area contributed by atoms with Crippen LogP contribution in [0.25, 0.3) is 0 Å². The number of halogens is 2. The summed E-state index contributed by atoms with van der Waals surface area (Å²) in [6.07, 6.45) is 0. The van der Waals surface area contributed by atoms with Crippen molar-refractivity contribution in [1.82, 2.24) is 0 Å². The number of rotatable bonds is 3. The highest BCUT2D eigenvalue weighted by molar-refractivity contribution is 9.10. The molecule has 2 aromatic rings. The zero-order valence-corrected chi connectivity index (χ0v) is 12.6. The van der Waals surface area contributed by atoms with Gasteiger partial charge in [-0.15, -0.1) is 0 Å². The summed E-state index contributed by atoms with van der Waals surface area (Å²) < 4.78 is 14.4. The highest BCUT2D eigenvalue weighted by Gasteiger charge is 2.17. The molecule has 0 radical (unpaired) electrons. The predicted octanol–water partition coefficient (Wildman–Crippen LogP) is 3.47. The minimum Gasteiger partial charge on any atom is -0.376 e. The average Bonchev–Trinajstić information content (AvgIpc) is 2.40. The molecule has 0 spiro atoms. The lowest BCUT2D eigenvalue weighted by molar-refractivity contribution is 0.103. The molecule has 0 saturated heterocycles. The van der Waals surface area contributed by atoms with E-state index in [9.17, 15) is 9.18 Å². The van der Waals surface area contributed by atoms with E-state index < -0.39 is 11.6 Å². The molecule has 3 nitrogen and oxygen atoms in total. The second kappa shape index (κ2) is 6.11. The van der Waals surface area contributed by atoms with Crippen molar-refractivity contribution in [3.8, 4) is 0 Å². The summed E-state index contributed by atoms with van der Waals surface area (Å²) >= 11 is 8.05. The quantitative estimate of drug-likeness (QED) is 0.655. The Kier molecular flexibility index (Phi) is 4.46. The highest BCUT2D eigenvalue weighted by atomic mass is 79.9. The zero-order chi connectivity index (χ0) is 14.7. The normalized spacial score (nSPS) is 10.1. The molecule has 102 valence electrons. The van der Waals surface area contributed by atoms with E-state index in [-0.39, 0.29) is 16.2 Å². The van der Waals surface area contributed by atoms with Gasteiger partial charge in [-0.25, -0.2) is 4.39 Å². The Labute approximate surface area is 129 Å². The van der Waals surface area contributed by atoms with Crippen LogP contribution in [-0.2, 0) is 0 Å². The number of carbonyl (C=O) groups excluding carboxylic acids is 1. The van der Waals surface area contributed by atoms with Gasteiger partial charge in [-0.3, -0.25) is 4.79 Å². The van der Waals surface area contributed by atoms with Crippen molar-refractivity contribution in [2.75, 3.05) is 5.32 Å². The molecule has 0 bridgehead atoms. The van der Waals surface area contributed by atoms with Gasteiger partial charge in [-0.05, 0) is 42.5 Å². The Hall–Kier alpha value is -1.79. The summed E-state index contributed by atoms with van der Waals surface area (Å²) in [5.74, 6) is -1.01. The van der Waals surface area contributed by atoms with Crippen molar-refractivity contribution >= 4 is 44.7 Å². The topological polar surface area (TPSA) is 55.1 Å². The number of nitrogens with one attached hydrogen (secondary N) is 1. The first-order valence-electron chi connectivity index (χ1n) is 5.64. The van der Waals surface area contributed by atoms with Gasteiger partial charge < -0.3 is 11.1 Å². The predicted molar refractivity (Wildman–Crippen MR) is 84.4 cm³/mol. The van der Waals surface area contributed by atoms with Crippen LogP contribution in [0.15, 0.2) is 46.9 Å². The summed E-state index contributed by atoms with van der Waals surface area (Å²) in [5, 5.41) is 2.75. The Morgan fingerprint density at radius 1 is 1.20 bits per heavy atom. The summed E-state index contributed by atoms with van der Waals surface area (Å²) in [7, 11) is 0. The van der Waals surface area contributed by atoms with Crippen molar-refractivity contribution in [3.05, 3.63) is 63.9 Å². The SMILES string of the molecule is NC(=S)Nc1ccc(Br)cc1C(=O)c1ccccc1F. The molecule has 0 saturated carbocycles. The molecule has 0 fully saturated rings. The van der Waals surface area contributed by atoms with E-state index in [1.165, 1.54) is 18.2 Å². The van der Waals surface area contributed by atoms with Crippen molar-refractivity contribution < 1.29 is 9.18 Å². The number of ketones is 1. The Bertz CT molecular complexity index is 691. The number of anilines is 1. The van der Waals surface area contributed by atoms with Gasteiger partial charge in [0.2, 0.25) is 0 Å². The third-order valence-corrected chi connectivity index (χ3v) is 3.20. The van der Waals surface area contributed by atoms with Crippen molar-refractivity contribution in [3.63, 3.8) is 0 Å². The molecule has 2 aromatic carbocycles. The zero-order valence-electron chi connectivity index (χ0n) is 10.2. The highest BCUT2D eigenvalue weighted by Crippen LogP contribution is 2.24. The van der Waals surface area contributed by atoms with Gasteiger partial charge in [0.15, 0.2) is 10.9 Å². The fraction of sp³-hybridized carbons (Fsp3) is 0. The van der Waals surface area contributed by atoms with Gasteiger partial charge in [0.25, 0.3) is 0 Å². The maximum Gasteiger partial charge on any atom is 0.198 e. The van der Waals surface area contributed by atoms with Crippen molar-refractivity contribution in [2.45, 2.75) is 0 Å². The molecule has 20 heavy (non-hydrogen) atoms. The number of nitrogens with two attached hydrogens (primary N) is 1.